The van der Waals surface area contributed by atoms with Gasteiger partial charge in [-0.2, -0.15) is 0 Å². The third kappa shape index (κ3) is 42.2. The van der Waals surface area contributed by atoms with Crippen molar-refractivity contribution >= 4 is 7.82 Å². The van der Waals surface area contributed by atoms with E-state index in [0.717, 1.165) is 25.7 Å². The van der Waals surface area contributed by atoms with Crippen molar-refractivity contribution in [3.05, 3.63) is 24.3 Å². The minimum absolute atomic E-state index is 0.0159. The number of allylic oxidation sites excluding steroid dienone is 4. The van der Waals surface area contributed by atoms with Gasteiger partial charge in [0.2, 0.25) is 0 Å². The number of phosphoric ester groups is 1. The van der Waals surface area contributed by atoms with E-state index < -0.39 is 7.82 Å². The molecule has 0 spiro atoms. The minimum Gasteiger partial charge on any atom is -0.379 e. The standard InChI is InChI=1S/C44H88NO6P/c1-6-8-10-12-14-16-18-20-22-24-26-28-30-32-34-36-39-48-42-44(43-51-52(46,47)50-41-38-45(3,4)5)49-40-37-35-33-31-29-27-25-23-21-19-17-15-13-11-9-7-2/h20-23,44H,6-19,24-43H2,1-5H3/p+1/b22-20-,23-21-/t44-/m1/s1. The zero-order valence-corrected chi connectivity index (χ0v) is 36.2. The summed E-state index contributed by atoms with van der Waals surface area (Å²) in [4.78, 5) is 10.2. The van der Waals surface area contributed by atoms with Crippen LogP contribution in [0.25, 0.3) is 0 Å². The highest BCUT2D eigenvalue weighted by molar-refractivity contribution is 7.47. The van der Waals surface area contributed by atoms with Gasteiger partial charge in [-0.15, -0.1) is 0 Å². The van der Waals surface area contributed by atoms with Crippen LogP contribution in [0.2, 0.25) is 0 Å². The number of unbranched alkanes of at least 4 members (excludes halogenated alkanes) is 24. The van der Waals surface area contributed by atoms with Gasteiger partial charge >= 0.3 is 7.82 Å². The summed E-state index contributed by atoms with van der Waals surface area (Å²) in [5.41, 5.74) is 0. The van der Waals surface area contributed by atoms with Gasteiger partial charge in [-0.05, 0) is 64.2 Å². The summed E-state index contributed by atoms with van der Waals surface area (Å²) >= 11 is 0. The Morgan fingerprint density at radius 2 is 0.885 bits per heavy atom. The van der Waals surface area contributed by atoms with Crippen molar-refractivity contribution < 1.29 is 32.5 Å². The van der Waals surface area contributed by atoms with Crippen molar-refractivity contribution in [1.29, 1.82) is 0 Å². The molecule has 0 aromatic carbocycles. The molecule has 0 rings (SSSR count). The third-order valence-corrected chi connectivity index (χ3v) is 10.5. The van der Waals surface area contributed by atoms with E-state index in [4.69, 9.17) is 18.5 Å². The monoisotopic (exact) mass is 759 g/mol. The van der Waals surface area contributed by atoms with Gasteiger partial charge in [-0.25, -0.2) is 4.57 Å². The molecule has 0 radical (unpaired) electrons. The van der Waals surface area contributed by atoms with Crippen LogP contribution in [-0.2, 0) is 23.1 Å². The van der Waals surface area contributed by atoms with Crippen LogP contribution < -0.4 is 0 Å². The fourth-order valence-electron chi connectivity index (χ4n) is 6.05. The lowest BCUT2D eigenvalue weighted by Gasteiger charge is -2.24. The molecule has 0 bridgehead atoms. The van der Waals surface area contributed by atoms with Gasteiger partial charge in [0, 0.05) is 13.2 Å². The van der Waals surface area contributed by atoms with Gasteiger partial charge in [0.05, 0.1) is 34.4 Å². The Labute approximate surface area is 324 Å². The predicted molar refractivity (Wildman–Crippen MR) is 224 cm³/mol. The van der Waals surface area contributed by atoms with E-state index in [-0.39, 0.29) is 19.3 Å². The molecule has 0 fully saturated rings. The largest absolute Gasteiger partial charge is 0.472 e. The summed E-state index contributed by atoms with van der Waals surface area (Å²) in [6, 6.07) is 0. The molecule has 0 aromatic heterocycles. The van der Waals surface area contributed by atoms with Crippen LogP contribution in [-0.4, -0.2) is 76.2 Å². The fraction of sp³-hybridized carbons (Fsp3) is 0.909. The summed E-state index contributed by atoms with van der Waals surface area (Å²) in [7, 11) is 1.90. The van der Waals surface area contributed by atoms with Crippen molar-refractivity contribution in [2.24, 2.45) is 0 Å². The highest BCUT2D eigenvalue weighted by Crippen LogP contribution is 2.43. The maximum atomic E-state index is 12.5. The molecular formula is C44H89NO6P+. The average molecular weight is 759 g/mol. The van der Waals surface area contributed by atoms with Crippen molar-refractivity contribution in [2.75, 3.05) is 60.7 Å². The van der Waals surface area contributed by atoms with E-state index in [1.165, 1.54) is 154 Å². The van der Waals surface area contributed by atoms with Gasteiger partial charge in [0.25, 0.3) is 0 Å². The van der Waals surface area contributed by atoms with Crippen LogP contribution in [0.1, 0.15) is 194 Å². The lowest BCUT2D eigenvalue weighted by Crippen LogP contribution is -2.37. The molecule has 0 saturated heterocycles. The zero-order chi connectivity index (χ0) is 38.3. The lowest BCUT2D eigenvalue weighted by atomic mass is 10.1. The summed E-state index contributed by atoms with van der Waals surface area (Å²) in [5.74, 6) is 0. The van der Waals surface area contributed by atoms with Crippen LogP contribution in [0.15, 0.2) is 24.3 Å². The molecule has 1 N–H and O–H groups in total. The number of likely N-dealkylation sites (N-methyl/N-ethyl adjacent to an activating group) is 1. The van der Waals surface area contributed by atoms with Crippen LogP contribution in [0.5, 0.6) is 0 Å². The molecule has 52 heavy (non-hydrogen) atoms. The molecule has 1 unspecified atom stereocenters. The summed E-state index contributed by atoms with van der Waals surface area (Å²) in [5, 5.41) is 0. The maximum Gasteiger partial charge on any atom is 0.472 e. The van der Waals surface area contributed by atoms with Gasteiger partial charge in [-0.3, -0.25) is 9.05 Å². The van der Waals surface area contributed by atoms with Gasteiger partial charge in [0.1, 0.15) is 19.3 Å². The normalized spacial score (nSPS) is 14.2. The molecule has 7 nitrogen and oxygen atoms in total. The van der Waals surface area contributed by atoms with E-state index >= 15 is 0 Å². The first-order valence-electron chi connectivity index (χ1n) is 22.1. The topological polar surface area (TPSA) is 74.2 Å². The molecule has 0 aliphatic carbocycles. The Bertz CT molecular complexity index is 830. The minimum atomic E-state index is -4.14. The molecule has 0 aliphatic heterocycles. The second-order valence-corrected chi connectivity index (χ2v) is 17.5. The molecule has 310 valence electrons. The highest BCUT2D eigenvalue weighted by atomic mass is 31.2. The first-order valence-corrected chi connectivity index (χ1v) is 23.6. The first-order chi connectivity index (χ1) is 25.2. The number of phosphoric acid groups is 1. The number of rotatable bonds is 42. The molecular weight excluding hydrogens is 669 g/mol. The molecule has 0 aliphatic rings. The summed E-state index contributed by atoms with van der Waals surface area (Å²) < 4.78 is 35.7. The Balaban J connectivity index is 4.11. The second-order valence-electron chi connectivity index (χ2n) is 16.1. The van der Waals surface area contributed by atoms with E-state index in [9.17, 15) is 9.46 Å². The molecule has 0 aromatic rings. The summed E-state index contributed by atoms with van der Waals surface area (Å²) in [6.07, 6.45) is 44.9. The van der Waals surface area contributed by atoms with Crippen LogP contribution >= 0.6 is 7.82 Å². The fourth-order valence-corrected chi connectivity index (χ4v) is 6.80. The number of hydrogen-bond donors (Lipinski definition) is 1. The Kier molecular flexibility index (Phi) is 38.3. The Morgan fingerprint density at radius 1 is 0.500 bits per heavy atom. The van der Waals surface area contributed by atoms with Crippen LogP contribution in [0.4, 0.5) is 0 Å². The third-order valence-electron chi connectivity index (χ3n) is 9.55. The quantitative estimate of drug-likeness (QED) is 0.0289. The second kappa shape index (κ2) is 38.7. The number of ether oxygens (including phenoxy) is 2. The van der Waals surface area contributed by atoms with E-state index in [2.05, 4.69) is 38.2 Å². The van der Waals surface area contributed by atoms with E-state index in [1.54, 1.807) is 0 Å². The van der Waals surface area contributed by atoms with Crippen molar-refractivity contribution in [3.63, 3.8) is 0 Å². The van der Waals surface area contributed by atoms with Crippen molar-refractivity contribution in [1.82, 2.24) is 0 Å². The Morgan fingerprint density at radius 3 is 1.31 bits per heavy atom. The number of hydrogen-bond acceptors (Lipinski definition) is 5. The highest BCUT2D eigenvalue weighted by Gasteiger charge is 2.25. The molecule has 0 heterocycles. The van der Waals surface area contributed by atoms with E-state index in [0.29, 0.717) is 30.8 Å². The van der Waals surface area contributed by atoms with Crippen molar-refractivity contribution in [3.8, 4) is 0 Å². The van der Waals surface area contributed by atoms with Crippen LogP contribution in [0.3, 0.4) is 0 Å². The van der Waals surface area contributed by atoms with Gasteiger partial charge in [-0.1, -0.05) is 154 Å². The van der Waals surface area contributed by atoms with Gasteiger partial charge in [0.15, 0.2) is 0 Å². The molecule has 0 saturated carbocycles. The lowest BCUT2D eigenvalue weighted by molar-refractivity contribution is -0.870. The van der Waals surface area contributed by atoms with Gasteiger partial charge < -0.3 is 18.9 Å². The molecule has 0 amide bonds. The average Bonchev–Trinajstić information content (AvgIpc) is 3.10. The summed E-state index contributed by atoms with van der Waals surface area (Å²) in [6.45, 7) is 6.93. The smallest absolute Gasteiger partial charge is 0.379 e. The first kappa shape index (κ1) is 51.5. The SMILES string of the molecule is CCCCCCCC/C=C\CCCCCCCCOC[C@H](COP(=O)(O)OCC[N+](C)(C)C)OCCCCCCCC/C=C\CCCCCCCC. The van der Waals surface area contributed by atoms with E-state index in [1.807, 2.05) is 21.1 Å². The van der Waals surface area contributed by atoms with Crippen molar-refractivity contribution in [2.45, 2.75) is 200 Å². The Hall–Kier alpha value is -0.530. The molecule has 8 heteroatoms. The molecule has 2 atom stereocenters. The number of quaternary nitrogens is 1. The maximum absolute atomic E-state index is 12.5. The number of nitrogens with zero attached hydrogens (tertiary/aromatic N) is 1. The van der Waals surface area contributed by atoms with Crippen LogP contribution in [0, 0.1) is 0 Å². The predicted octanol–water partition coefficient (Wildman–Crippen LogP) is 13.3. The zero-order valence-electron chi connectivity index (χ0n) is 35.3.